The molecule has 0 unspecified atom stereocenters. The summed E-state index contributed by atoms with van der Waals surface area (Å²) < 4.78 is 4.67. The zero-order chi connectivity index (χ0) is 17.2. The van der Waals surface area contributed by atoms with Crippen molar-refractivity contribution in [3.8, 4) is 0 Å². The van der Waals surface area contributed by atoms with Crippen molar-refractivity contribution in [1.29, 1.82) is 0 Å². The molecule has 0 radical (unpaired) electrons. The van der Waals surface area contributed by atoms with E-state index in [-0.39, 0.29) is 11.3 Å². The first-order chi connectivity index (χ1) is 11.0. The van der Waals surface area contributed by atoms with Crippen molar-refractivity contribution in [3.63, 3.8) is 0 Å². The number of unbranched alkanes of at least 4 members (excludes halogenated alkanes) is 1. The number of hydrogen-bond acceptors (Lipinski definition) is 4. The third-order valence-corrected chi connectivity index (χ3v) is 3.34. The number of methoxy groups -OCH3 is 1. The van der Waals surface area contributed by atoms with E-state index >= 15 is 0 Å². The number of amides is 2. The van der Waals surface area contributed by atoms with Gasteiger partial charge in [0, 0.05) is 13.1 Å². The number of nitrogens with one attached hydrogen (secondary N) is 1. The molecule has 0 heterocycles. The molecule has 1 rings (SSSR count). The van der Waals surface area contributed by atoms with Crippen molar-refractivity contribution in [2.75, 3.05) is 25.5 Å². The highest BCUT2D eigenvalue weighted by Gasteiger charge is 2.22. The molecule has 1 aromatic carbocycles. The summed E-state index contributed by atoms with van der Waals surface area (Å²) in [7, 11) is 1.26. The van der Waals surface area contributed by atoms with Crippen molar-refractivity contribution in [2.24, 2.45) is 0 Å². The first-order valence-electron chi connectivity index (χ1n) is 7.82. The number of benzene rings is 1. The molecule has 6 nitrogen and oxygen atoms in total. The van der Waals surface area contributed by atoms with Gasteiger partial charge in [-0.3, -0.25) is 9.59 Å². The van der Waals surface area contributed by atoms with E-state index in [1.54, 1.807) is 23.1 Å². The van der Waals surface area contributed by atoms with Gasteiger partial charge in [0.15, 0.2) is 0 Å². The lowest BCUT2D eigenvalue weighted by Crippen LogP contribution is -2.40. The van der Waals surface area contributed by atoms with Crippen LogP contribution in [0.2, 0.25) is 0 Å². The molecule has 0 fully saturated rings. The quantitative estimate of drug-likeness (QED) is 0.618. The molecule has 1 aromatic rings. The van der Waals surface area contributed by atoms with Gasteiger partial charge in [0.1, 0.15) is 0 Å². The van der Waals surface area contributed by atoms with Gasteiger partial charge in [-0.05, 0) is 25.0 Å². The van der Waals surface area contributed by atoms with Gasteiger partial charge in [0.2, 0.25) is 0 Å². The molecule has 2 amide bonds. The summed E-state index contributed by atoms with van der Waals surface area (Å²) in [5.41, 5.74) is 0.483. The van der Waals surface area contributed by atoms with Gasteiger partial charge < -0.3 is 15.0 Å². The molecule has 0 spiro atoms. The summed E-state index contributed by atoms with van der Waals surface area (Å²) in [4.78, 5) is 37.7. The van der Waals surface area contributed by atoms with Crippen LogP contribution in [0.25, 0.3) is 0 Å². The average Bonchev–Trinajstić information content (AvgIpc) is 2.57. The molecule has 0 atom stereocenters. The van der Waals surface area contributed by atoms with Crippen molar-refractivity contribution in [2.45, 2.75) is 33.1 Å². The van der Waals surface area contributed by atoms with E-state index in [2.05, 4.69) is 10.1 Å². The van der Waals surface area contributed by atoms with Crippen LogP contribution in [-0.2, 0) is 14.3 Å². The predicted molar refractivity (Wildman–Crippen MR) is 88.2 cm³/mol. The van der Waals surface area contributed by atoms with Crippen LogP contribution in [0.4, 0.5) is 5.69 Å². The zero-order valence-electron chi connectivity index (χ0n) is 13.9. The summed E-state index contributed by atoms with van der Waals surface area (Å²) in [6.45, 7) is 5.07. The standard InChI is InChI=1S/C17H24N2O4/c1-4-6-12-19(11-5-2)16(21)15(20)18-14-10-8-7-9-13(14)17(22)23-3/h7-10H,4-6,11-12H2,1-3H3,(H,18,20). The molecule has 0 bridgehead atoms. The molecule has 0 aliphatic rings. The van der Waals surface area contributed by atoms with E-state index in [4.69, 9.17) is 0 Å². The number of nitrogens with zero attached hydrogens (tertiary/aromatic N) is 1. The summed E-state index contributed by atoms with van der Waals surface area (Å²) in [5, 5.41) is 2.51. The predicted octanol–water partition coefficient (Wildman–Crippen LogP) is 2.45. The molecular weight excluding hydrogens is 296 g/mol. The third kappa shape index (κ3) is 5.39. The Hall–Kier alpha value is -2.37. The fourth-order valence-electron chi connectivity index (χ4n) is 2.13. The monoisotopic (exact) mass is 320 g/mol. The molecule has 23 heavy (non-hydrogen) atoms. The molecule has 0 aliphatic heterocycles. The maximum absolute atomic E-state index is 12.3. The summed E-state index contributed by atoms with van der Waals surface area (Å²) in [6, 6.07) is 6.43. The Balaban J connectivity index is 2.85. The molecule has 1 N–H and O–H groups in total. The number of para-hydroxylation sites is 1. The molecule has 6 heteroatoms. The lowest BCUT2D eigenvalue weighted by Gasteiger charge is -2.21. The van der Waals surface area contributed by atoms with E-state index in [0.717, 1.165) is 19.3 Å². The minimum absolute atomic E-state index is 0.215. The summed E-state index contributed by atoms with van der Waals surface area (Å²) in [5.74, 6) is -1.89. The normalized spacial score (nSPS) is 10.0. The number of esters is 1. The number of hydrogen-bond donors (Lipinski definition) is 1. The maximum atomic E-state index is 12.3. The van der Waals surface area contributed by atoms with Crippen LogP contribution in [0, 0.1) is 0 Å². The van der Waals surface area contributed by atoms with E-state index in [1.165, 1.54) is 13.2 Å². The first kappa shape index (κ1) is 18.7. The molecular formula is C17H24N2O4. The Bertz CT molecular complexity index is 557. The van der Waals surface area contributed by atoms with Crippen molar-refractivity contribution in [3.05, 3.63) is 29.8 Å². The molecule has 126 valence electrons. The lowest BCUT2D eigenvalue weighted by molar-refractivity contribution is -0.143. The van der Waals surface area contributed by atoms with Crippen molar-refractivity contribution >= 4 is 23.5 Å². The number of ether oxygens (including phenoxy) is 1. The van der Waals surface area contributed by atoms with Crippen LogP contribution in [0.15, 0.2) is 24.3 Å². The summed E-state index contributed by atoms with van der Waals surface area (Å²) in [6.07, 6.45) is 2.57. The number of anilines is 1. The number of rotatable bonds is 7. The highest BCUT2D eigenvalue weighted by molar-refractivity contribution is 6.39. The van der Waals surface area contributed by atoms with E-state index in [1.807, 2.05) is 13.8 Å². The Morgan fingerprint density at radius 2 is 1.78 bits per heavy atom. The Labute approximate surface area is 136 Å². The number of carbonyl (C=O) groups is 3. The lowest BCUT2D eigenvalue weighted by atomic mass is 10.1. The highest BCUT2D eigenvalue weighted by Crippen LogP contribution is 2.16. The Morgan fingerprint density at radius 3 is 2.39 bits per heavy atom. The smallest absolute Gasteiger partial charge is 0.339 e. The minimum Gasteiger partial charge on any atom is -0.465 e. The molecule has 0 aromatic heterocycles. The van der Waals surface area contributed by atoms with Crippen LogP contribution >= 0.6 is 0 Å². The fourth-order valence-corrected chi connectivity index (χ4v) is 2.13. The van der Waals surface area contributed by atoms with Crippen molar-refractivity contribution < 1.29 is 19.1 Å². The van der Waals surface area contributed by atoms with E-state index in [9.17, 15) is 14.4 Å². The zero-order valence-corrected chi connectivity index (χ0v) is 13.9. The maximum Gasteiger partial charge on any atom is 0.339 e. The second-order valence-corrected chi connectivity index (χ2v) is 5.14. The number of carbonyl (C=O) groups excluding carboxylic acids is 3. The molecule has 0 saturated heterocycles. The van der Waals surface area contributed by atoms with Gasteiger partial charge in [-0.15, -0.1) is 0 Å². The van der Waals surface area contributed by atoms with Crippen LogP contribution in [-0.4, -0.2) is 42.9 Å². The Morgan fingerprint density at radius 1 is 1.09 bits per heavy atom. The Kier molecular flexibility index (Phi) is 7.80. The van der Waals surface area contributed by atoms with E-state index < -0.39 is 17.8 Å². The fraction of sp³-hybridized carbons (Fsp3) is 0.471. The third-order valence-electron chi connectivity index (χ3n) is 3.34. The van der Waals surface area contributed by atoms with E-state index in [0.29, 0.717) is 13.1 Å². The van der Waals surface area contributed by atoms with Gasteiger partial charge in [-0.2, -0.15) is 0 Å². The average molecular weight is 320 g/mol. The molecule has 0 saturated carbocycles. The first-order valence-corrected chi connectivity index (χ1v) is 7.82. The van der Waals surface area contributed by atoms with Crippen LogP contribution in [0.3, 0.4) is 0 Å². The topological polar surface area (TPSA) is 75.7 Å². The molecule has 0 aliphatic carbocycles. The summed E-state index contributed by atoms with van der Waals surface area (Å²) >= 11 is 0. The largest absolute Gasteiger partial charge is 0.465 e. The van der Waals surface area contributed by atoms with Gasteiger partial charge in [0.25, 0.3) is 0 Å². The van der Waals surface area contributed by atoms with Gasteiger partial charge in [-0.1, -0.05) is 32.4 Å². The van der Waals surface area contributed by atoms with Crippen LogP contribution in [0.1, 0.15) is 43.5 Å². The SMILES string of the molecule is CCCCN(CCC)C(=O)C(=O)Nc1ccccc1C(=O)OC. The van der Waals surface area contributed by atoms with Crippen LogP contribution < -0.4 is 5.32 Å². The van der Waals surface area contributed by atoms with Gasteiger partial charge >= 0.3 is 17.8 Å². The van der Waals surface area contributed by atoms with Gasteiger partial charge in [-0.25, -0.2) is 4.79 Å². The second kappa shape index (κ2) is 9.61. The second-order valence-electron chi connectivity index (χ2n) is 5.14. The minimum atomic E-state index is -0.745. The highest BCUT2D eigenvalue weighted by atomic mass is 16.5. The van der Waals surface area contributed by atoms with Crippen LogP contribution in [0.5, 0.6) is 0 Å². The van der Waals surface area contributed by atoms with Gasteiger partial charge in [0.05, 0.1) is 18.4 Å². The van der Waals surface area contributed by atoms with Crippen molar-refractivity contribution in [1.82, 2.24) is 4.90 Å².